The number of aromatic amines is 1. The minimum absolute atomic E-state index is 0.179. The minimum atomic E-state index is -1.29. The number of rotatable bonds is 4. The van der Waals surface area contributed by atoms with Crippen molar-refractivity contribution in [2.24, 2.45) is 0 Å². The summed E-state index contributed by atoms with van der Waals surface area (Å²) in [7, 11) is 1.68. The largest absolute Gasteiger partial charge is 0.478 e. The van der Waals surface area contributed by atoms with E-state index in [0.29, 0.717) is 23.3 Å². The highest BCUT2D eigenvalue weighted by atomic mass is 19.1. The van der Waals surface area contributed by atoms with Gasteiger partial charge in [-0.25, -0.2) is 14.2 Å². The summed E-state index contributed by atoms with van der Waals surface area (Å²) < 4.78 is 19.1. The van der Waals surface area contributed by atoms with Crippen LogP contribution in [0.3, 0.4) is 0 Å². The molecule has 5 nitrogen and oxygen atoms in total. The number of H-pyrrole nitrogens is 1. The van der Waals surface area contributed by atoms with Crippen LogP contribution in [0.1, 0.15) is 35.4 Å². The predicted molar refractivity (Wildman–Crippen MR) is 70.3 cm³/mol. The molecule has 0 unspecified atom stereocenters. The fraction of sp³-hybridized carbons (Fsp3) is 0.429. The van der Waals surface area contributed by atoms with E-state index in [4.69, 9.17) is 9.84 Å². The summed E-state index contributed by atoms with van der Waals surface area (Å²) in [6.45, 7) is 0. The van der Waals surface area contributed by atoms with Gasteiger partial charge in [0.25, 0.3) is 0 Å². The SMILES string of the molecule is COC1(Cc2nc3cc(C(=O)O)c(F)cc3[nH]2)CCC1. The van der Waals surface area contributed by atoms with Crippen LogP contribution >= 0.6 is 0 Å². The Morgan fingerprint density at radius 2 is 2.30 bits per heavy atom. The van der Waals surface area contributed by atoms with Gasteiger partial charge < -0.3 is 14.8 Å². The van der Waals surface area contributed by atoms with Gasteiger partial charge >= 0.3 is 5.97 Å². The van der Waals surface area contributed by atoms with Crippen LogP contribution in [0.15, 0.2) is 12.1 Å². The first kappa shape index (κ1) is 13.1. The number of carbonyl (C=O) groups is 1. The van der Waals surface area contributed by atoms with E-state index in [1.54, 1.807) is 7.11 Å². The van der Waals surface area contributed by atoms with E-state index >= 15 is 0 Å². The predicted octanol–water partition coefficient (Wildman–Crippen LogP) is 2.51. The second-order valence-corrected chi connectivity index (χ2v) is 5.26. The number of ether oxygens (including phenoxy) is 1. The Labute approximate surface area is 114 Å². The highest BCUT2D eigenvalue weighted by Crippen LogP contribution is 2.37. The van der Waals surface area contributed by atoms with Crippen molar-refractivity contribution in [3.63, 3.8) is 0 Å². The summed E-state index contributed by atoms with van der Waals surface area (Å²) >= 11 is 0. The number of hydrogen-bond acceptors (Lipinski definition) is 3. The molecule has 0 saturated heterocycles. The topological polar surface area (TPSA) is 75.2 Å². The van der Waals surface area contributed by atoms with Crippen LogP contribution in [0.4, 0.5) is 4.39 Å². The Balaban J connectivity index is 1.96. The number of hydrogen-bond donors (Lipinski definition) is 2. The zero-order valence-corrected chi connectivity index (χ0v) is 11.1. The van der Waals surface area contributed by atoms with Gasteiger partial charge in [0.1, 0.15) is 11.6 Å². The van der Waals surface area contributed by atoms with Crippen molar-refractivity contribution >= 4 is 17.0 Å². The lowest BCUT2D eigenvalue weighted by atomic mass is 9.77. The van der Waals surface area contributed by atoms with Crippen LogP contribution in [-0.4, -0.2) is 33.8 Å². The van der Waals surface area contributed by atoms with Gasteiger partial charge in [0.05, 0.1) is 22.2 Å². The number of methoxy groups -OCH3 is 1. The van der Waals surface area contributed by atoms with E-state index < -0.39 is 11.8 Å². The maximum atomic E-state index is 13.6. The zero-order chi connectivity index (χ0) is 14.3. The van der Waals surface area contributed by atoms with E-state index in [0.717, 1.165) is 19.3 Å². The first-order chi connectivity index (χ1) is 9.53. The quantitative estimate of drug-likeness (QED) is 0.901. The zero-order valence-electron chi connectivity index (χ0n) is 11.1. The molecule has 106 valence electrons. The van der Waals surface area contributed by atoms with Crippen LogP contribution < -0.4 is 0 Å². The number of halogens is 1. The number of aromatic carboxylic acids is 1. The molecule has 3 rings (SSSR count). The highest BCUT2D eigenvalue weighted by molar-refractivity contribution is 5.92. The first-order valence-electron chi connectivity index (χ1n) is 6.50. The van der Waals surface area contributed by atoms with Gasteiger partial charge in [-0.05, 0) is 25.3 Å². The first-order valence-corrected chi connectivity index (χ1v) is 6.50. The smallest absolute Gasteiger partial charge is 0.338 e. The van der Waals surface area contributed by atoms with Gasteiger partial charge in [0.15, 0.2) is 0 Å². The number of benzene rings is 1. The molecule has 0 spiro atoms. The molecular weight excluding hydrogens is 263 g/mol. The molecule has 0 amide bonds. The molecule has 0 radical (unpaired) electrons. The molecule has 1 heterocycles. The average molecular weight is 278 g/mol. The van der Waals surface area contributed by atoms with Crippen molar-refractivity contribution in [2.75, 3.05) is 7.11 Å². The monoisotopic (exact) mass is 278 g/mol. The molecular formula is C14H15FN2O3. The Kier molecular flexibility index (Phi) is 2.97. The molecule has 2 aromatic rings. The standard InChI is InChI=1S/C14H15FN2O3/c1-20-14(3-2-4-14)7-12-16-10-5-8(13(18)19)9(15)6-11(10)17-12/h5-6H,2-4,7H2,1H3,(H,16,17)(H,18,19). The number of aromatic nitrogens is 2. The summed E-state index contributed by atoms with van der Waals surface area (Å²) in [5.41, 5.74) is 0.431. The molecule has 1 aromatic heterocycles. The number of carboxylic acids is 1. The van der Waals surface area contributed by atoms with Crippen LogP contribution in [0.25, 0.3) is 11.0 Å². The lowest BCUT2D eigenvalue weighted by Crippen LogP contribution is -2.41. The van der Waals surface area contributed by atoms with Crippen LogP contribution in [-0.2, 0) is 11.2 Å². The second kappa shape index (κ2) is 4.56. The van der Waals surface area contributed by atoms with Gasteiger partial charge in [-0.1, -0.05) is 0 Å². The maximum absolute atomic E-state index is 13.6. The third-order valence-electron chi connectivity index (χ3n) is 4.04. The van der Waals surface area contributed by atoms with Gasteiger partial charge in [-0.3, -0.25) is 0 Å². The fourth-order valence-corrected chi connectivity index (χ4v) is 2.66. The number of carboxylic acid groups (broad SMARTS) is 1. The van der Waals surface area contributed by atoms with Crippen molar-refractivity contribution in [2.45, 2.75) is 31.3 Å². The molecule has 1 fully saturated rings. The number of fused-ring (bicyclic) bond motifs is 1. The van der Waals surface area contributed by atoms with Crippen molar-refractivity contribution in [3.05, 3.63) is 29.3 Å². The molecule has 1 aliphatic carbocycles. The van der Waals surface area contributed by atoms with Crippen LogP contribution in [0.5, 0.6) is 0 Å². The molecule has 1 saturated carbocycles. The van der Waals surface area contributed by atoms with Crippen LogP contribution in [0.2, 0.25) is 0 Å². The van der Waals surface area contributed by atoms with Crippen molar-refractivity contribution in [3.8, 4) is 0 Å². The number of imidazole rings is 1. The lowest BCUT2D eigenvalue weighted by Gasteiger charge is -2.39. The number of nitrogens with zero attached hydrogens (tertiary/aromatic N) is 1. The Hall–Kier alpha value is -1.95. The summed E-state index contributed by atoms with van der Waals surface area (Å²) in [5, 5.41) is 8.91. The maximum Gasteiger partial charge on any atom is 0.338 e. The highest BCUT2D eigenvalue weighted by Gasteiger charge is 2.38. The second-order valence-electron chi connectivity index (χ2n) is 5.26. The fourth-order valence-electron chi connectivity index (χ4n) is 2.66. The van der Waals surface area contributed by atoms with Crippen molar-refractivity contribution < 1.29 is 19.0 Å². The van der Waals surface area contributed by atoms with Gasteiger partial charge in [-0.2, -0.15) is 0 Å². The van der Waals surface area contributed by atoms with E-state index in [1.165, 1.54) is 12.1 Å². The summed E-state index contributed by atoms with van der Waals surface area (Å²) in [5.74, 6) is -1.35. The molecule has 20 heavy (non-hydrogen) atoms. The van der Waals surface area contributed by atoms with Gasteiger partial charge in [0.2, 0.25) is 0 Å². The summed E-state index contributed by atoms with van der Waals surface area (Å²) in [6.07, 6.45) is 3.72. The van der Waals surface area contributed by atoms with Crippen LogP contribution in [0, 0.1) is 5.82 Å². The van der Waals surface area contributed by atoms with Gasteiger partial charge in [0, 0.05) is 19.6 Å². The summed E-state index contributed by atoms with van der Waals surface area (Å²) in [6, 6.07) is 2.43. The Morgan fingerprint density at radius 1 is 1.55 bits per heavy atom. The van der Waals surface area contributed by atoms with E-state index in [-0.39, 0.29) is 11.2 Å². The van der Waals surface area contributed by atoms with E-state index in [9.17, 15) is 9.18 Å². The van der Waals surface area contributed by atoms with Crippen molar-refractivity contribution in [1.29, 1.82) is 0 Å². The van der Waals surface area contributed by atoms with E-state index in [2.05, 4.69) is 9.97 Å². The molecule has 0 atom stereocenters. The van der Waals surface area contributed by atoms with Gasteiger partial charge in [-0.15, -0.1) is 0 Å². The normalized spacial score (nSPS) is 17.1. The molecule has 1 aromatic carbocycles. The third kappa shape index (κ3) is 2.06. The molecule has 6 heteroatoms. The third-order valence-corrected chi connectivity index (χ3v) is 4.04. The molecule has 1 aliphatic rings. The number of nitrogens with one attached hydrogen (secondary N) is 1. The Morgan fingerprint density at radius 3 is 2.85 bits per heavy atom. The average Bonchev–Trinajstić information content (AvgIpc) is 2.73. The molecule has 2 N–H and O–H groups in total. The summed E-state index contributed by atoms with van der Waals surface area (Å²) in [4.78, 5) is 18.3. The molecule has 0 aliphatic heterocycles. The minimum Gasteiger partial charge on any atom is -0.478 e. The molecule has 0 bridgehead atoms. The van der Waals surface area contributed by atoms with Crippen molar-refractivity contribution in [1.82, 2.24) is 9.97 Å². The lowest BCUT2D eigenvalue weighted by molar-refractivity contribution is -0.0719. The Bertz CT molecular complexity index is 671. The van der Waals surface area contributed by atoms with E-state index in [1.807, 2.05) is 0 Å².